The lowest BCUT2D eigenvalue weighted by molar-refractivity contribution is -0.509. The van der Waals surface area contributed by atoms with E-state index in [-0.39, 0.29) is 28.5 Å². The van der Waals surface area contributed by atoms with E-state index in [0.717, 1.165) is 27.4 Å². The topological polar surface area (TPSA) is 53.8 Å². The molecule has 0 radical (unpaired) electrons. The molecule has 4 rings (SSSR count). The molecule has 2 aromatic carbocycles. The van der Waals surface area contributed by atoms with Gasteiger partial charge in [0.1, 0.15) is 17.2 Å². The number of ether oxygens (including phenoxy) is 1. The molecule has 0 bridgehead atoms. The zero-order valence-electron chi connectivity index (χ0n) is 12.3. The summed E-state index contributed by atoms with van der Waals surface area (Å²) in [7, 11) is 1.64. The molecule has 0 fully saturated rings. The molecule has 2 N–H and O–H groups in total. The van der Waals surface area contributed by atoms with Gasteiger partial charge < -0.3 is 31.9 Å². The molecule has 0 saturated heterocycles. The highest BCUT2D eigenvalue weighted by molar-refractivity contribution is 5.99. The number of aromatic hydroxyl groups is 2. The Morgan fingerprint density at radius 2 is 1.74 bits per heavy atom. The third-order valence-corrected chi connectivity index (χ3v) is 3.96. The lowest BCUT2D eigenvalue weighted by atomic mass is 10.1. The number of phenols is 2. The van der Waals surface area contributed by atoms with Crippen molar-refractivity contribution in [2.75, 3.05) is 7.11 Å². The van der Waals surface area contributed by atoms with Crippen LogP contribution < -0.4 is 26.1 Å². The van der Waals surface area contributed by atoms with E-state index in [4.69, 9.17) is 4.74 Å². The Labute approximate surface area is 143 Å². The fourth-order valence-corrected chi connectivity index (χ4v) is 2.87. The van der Waals surface area contributed by atoms with Gasteiger partial charge in [0.15, 0.2) is 12.4 Å². The summed E-state index contributed by atoms with van der Waals surface area (Å²) >= 11 is 0. The zero-order chi connectivity index (χ0) is 15.3. The van der Waals surface area contributed by atoms with Crippen LogP contribution in [0.3, 0.4) is 0 Å². The molecule has 4 aromatic rings. The Kier molecular flexibility index (Phi) is 3.74. The van der Waals surface area contributed by atoms with Crippen LogP contribution >= 0.6 is 0 Å². The Bertz CT molecular complexity index is 1050. The normalized spacial score (nSPS) is 10.8. The molecule has 0 unspecified atom stereocenters. The molecule has 0 aliphatic carbocycles. The number of aromatic nitrogens is 1. The summed E-state index contributed by atoms with van der Waals surface area (Å²) in [6.07, 6.45) is 3.81. The van der Waals surface area contributed by atoms with E-state index in [1.54, 1.807) is 13.2 Å². The summed E-state index contributed by atoms with van der Waals surface area (Å²) in [5.74, 6) is 0.904. The molecule has 4 nitrogen and oxygen atoms in total. The van der Waals surface area contributed by atoms with E-state index in [2.05, 4.69) is 0 Å². The maximum absolute atomic E-state index is 10.0. The predicted octanol–water partition coefficient (Wildman–Crippen LogP) is 0.156. The van der Waals surface area contributed by atoms with E-state index in [0.29, 0.717) is 5.39 Å². The van der Waals surface area contributed by atoms with Gasteiger partial charge in [-0.1, -0.05) is 6.07 Å². The molecule has 23 heavy (non-hydrogen) atoms. The van der Waals surface area contributed by atoms with Crippen LogP contribution in [-0.4, -0.2) is 17.3 Å². The van der Waals surface area contributed by atoms with Crippen LogP contribution in [-0.2, 0) is 0 Å². The Morgan fingerprint density at radius 1 is 0.913 bits per heavy atom. The lowest BCUT2D eigenvalue weighted by Gasteiger charge is -2.05. The van der Waals surface area contributed by atoms with Crippen LogP contribution in [0, 0.1) is 0 Å². The predicted molar refractivity (Wildman–Crippen MR) is 84.5 cm³/mol. The van der Waals surface area contributed by atoms with Crippen LogP contribution in [0.25, 0.3) is 27.1 Å². The minimum atomic E-state index is 0. The van der Waals surface area contributed by atoms with Gasteiger partial charge in [0.05, 0.1) is 17.9 Å². The SMILES string of the molecule is COc1ccc2cc[n+]3cc4c(O)cc(O)cc4cc3c2c1.[Br-]. The van der Waals surface area contributed by atoms with Crippen molar-refractivity contribution in [2.24, 2.45) is 0 Å². The van der Waals surface area contributed by atoms with Crippen molar-refractivity contribution < 1.29 is 36.3 Å². The van der Waals surface area contributed by atoms with Crippen LogP contribution in [0.15, 0.2) is 54.9 Å². The minimum absolute atomic E-state index is 0. The molecule has 116 valence electrons. The number of hydrogen-bond acceptors (Lipinski definition) is 3. The van der Waals surface area contributed by atoms with Crippen molar-refractivity contribution in [1.29, 1.82) is 0 Å². The van der Waals surface area contributed by atoms with Crippen molar-refractivity contribution in [3.63, 3.8) is 0 Å². The second-order valence-corrected chi connectivity index (χ2v) is 5.30. The number of methoxy groups -OCH3 is 1. The van der Waals surface area contributed by atoms with Crippen molar-refractivity contribution in [1.82, 2.24) is 0 Å². The first kappa shape index (κ1) is 15.4. The van der Waals surface area contributed by atoms with Crippen molar-refractivity contribution in [3.8, 4) is 17.2 Å². The minimum Gasteiger partial charge on any atom is -1.00 e. The molecular formula is C18H14BrNO3. The van der Waals surface area contributed by atoms with Gasteiger partial charge in [-0.2, -0.15) is 4.40 Å². The molecule has 2 aromatic heterocycles. The van der Waals surface area contributed by atoms with Gasteiger partial charge >= 0.3 is 0 Å². The van der Waals surface area contributed by atoms with E-state index >= 15 is 0 Å². The molecule has 0 amide bonds. The summed E-state index contributed by atoms with van der Waals surface area (Å²) in [6, 6.07) is 12.9. The number of fused-ring (bicyclic) bond motifs is 4. The molecule has 0 saturated carbocycles. The number of halogens is 1. The highest BCUT2D eigenvalue weighted by Crippen LogP contribution is 2.31. The van der Waals surface area contributed by atoms with Crippen molar-refractivity contribution >= 4 is 27.1 Å². The van der Waals surface area contributed by atoms with Gasteiger partial charge in [0, 0.05) is 23.6 Å². The van der Waals surface area contributed by atoms with Gasteiger partial charge in [-0.3, -0.25) is 0 Å². The number of rotatable bonds is 1. The summed E-state index contributed by atoms with van der Waals surface area (Å²) in [4.78, 5) is 0. The van der Waals surface area contributed by atoms with Crippen LogP contribution in [0.5, 0.6) is 17.2 Å². The molecule has 0 spiro atoms. The van der Waals surface area contributed by atoms with Gasteiger partial charge in [-0.15, -0.1) is 0 Å². The average molecular weight is 372 g/mol. The third kappa shape index (κ3) is 2.43. The van der Waals surface area contributed by atoms with E-state index < -0.39 is 0 Å². The third-order valence-electron chi connectivity index (χ3n) is 3.96. The fraction of sp³-hybridized carbons (Fsp3) is 0.0556. The number of pyridine rings is 2. The summed E-state index contributed by atoms with van der Waals surface area (Å²) in [5.41, 5.74) is 0.980. The number of benzene rings is 2. The van der Waals surface area contributed by atoms with Gasteiger partial charge in [0.2, 0.25) is 5.52 Å². The zero-order valence-corrected chi connectivity index (χ0v) is 13.9. The summed E-state index contributed by atoms with van der Waals surface area (Å²) in [6.45, 7) is 0. The first-order valence-corrected chi connectivity index (χ1v) is 6.93. The lowest BCUT2D eigenvalue weighted by Crippen LogP contribution is -3.00. The molecule has 0 aliphatic heterocycles. The highest BCUT2D eigenvalue weighted by atomic mass is 79.9. The molecule has 0 atom stereocenters. The average Bonchev–Trinajstić information content (AvgIpc) is 2.52. The molecule has 0 aliphatic rings. The quantitative estimate of drug-likeness (QED) is 0.284. The highest BCUT2D eigenvalue weighted by Gasteiger charge is 2.13. The van der Waals surface area contributed by atoms with E-state index in [9.17, 15) is 10.2 Å². The van der Waals surface area contributed by atoms with Crippen molar-refractivity contribution in [3.05, 3.63) is 54.9 Å². The van der Waals surface area contributed by atoms with E-state index in [1.807, 2.05) is 47.1 Å². The first-order chi connectivity index (χ1) is 10.7. The number of nitrogens with zero attached hydrogens (tertiary/aromatic N) is 1. The van der Waals surface area contributed by atoms with Gasteiger partial charge in [-0.05, 0) is 23.6 Å². The Hall–Kier alpha value is -2.53. The fourth-order valence-electron chi connectivity index (χ4n) is 2.87. The van der Waals surface area contributed by atoms with Crippen LogP contribution in [0.2, 0.25) is 0 Å². The van der Waals surface area contributed by atoms with Crippen LogP contribution in [0.1, 0.15) is 0 Å². The summed E-state index contributed by atoms with van der Waals surface area (Å²) in [5, 5.41) is 23.3. The molecule has 5 heteroatoms. The largest absolute Gasteiger partial charge is 1.00 e. The van der Waals surface area contributed by atoms with Crippen molar-refractivity contribution in [2.45, 2.75) is 0 Å². The van der Waals surface area contributed by atoms with Gasteiger partial charge in [-0.25, -0.2) is 0 Å². The maximum atomic E-state index is 10.0. The molecule has 2 heterocycles. The maximum Gasteiger partial charge on any atom is 0.219 e. The second kappa shape index (κ2) is 5.59. The molecular weight excluding hydrogens is 358 g/mol. The summed E-state index contributed by atoms with van der Waals surface area (Å²) < 4.78 is 7.27. The Balaban J connectivity index is 0.00000156. The van der Waals surface area contributed by atoms with Gasteiger partial charge in [0.25, 0.3) is 0 Å². The van der Waals surface area contributed by atoms with Crippen LogP contribution in [0.4, 0.5) is 0 Å². The van der Waals surface area contributed by atoms with E-state index in [1.165, 1.54) is 6.07 Å². The monoisotopic (exact) mass is 371 g/mol. The number of phenolic OH excluding ortho intramolecular Hbond substituents is 2. The standard InChI is InChI=1S/C18H13NO3.BrH/c1-22-14-3-2-11-4-5-19-10-16-12(6-13(20)8-18(16)21)7-17(19)15(11)9-14;/h2-10H,1H3,(H,20,21);1H. The second-order valence-electron chi connectivity index (χ2n) is 5.30. The smallest absolute Gasteiger partial charge is 0.219 e. The Morgan fingerprint density at radius 3 is 2.52 bits per heavy atom. The number of hydrogen-bond donors (Lipinski definition) is 2. The first-order valence-electron chi connectivity index (χ1n) is 6.93.